The van der Waals surface area contributed by atoms with Gasteiger partial charge in [-0.3, -0.25) is 0 Å². The van der Waals surface area contributed by atoms with Crippen LogP contribution in [0.15, 0.2) is 18.5 Å². The molecule has 2 aromatic heterocycles. The first-order chi connectivity index (χ1) is 6.48. The molecule has 2 nitrogen and oxygen atoms in total. The van der Waals surface area contributed by atoms with Crippen molar-refractivity contribution < 1.29 is 13.2 Å². The molecule has 14 heavy (non-hydrogen) atoms. The zero-order chi connectivity index (χ0) is 10.3. The van der Waals surface area contributed by atoms with E-state index in [9.17, 15) is 13.2 Å². The topological polar surface area (TPSA) is 28.7 Å². The first kappa shape index (κ1) is 9.05. The molecule has 0 radical (unpaired) electrons. The minimum atomic E-state index is -4.33. The van der Waals surface area contributed by atoms with Crippen molar-refractivity contribution in [3.05, 3.63) is 29.6 Å². The first-order valence-corrected chi connectivity index (χ1v) is 3.99. The molecule has 2 heterocycles. The molecule has 0 aromatic carbocycles. The Hall–Kier alpha value is -1.52. The van der Waals surface area contributed by atoms with Gasteiger partial charge in [0.05, 0.1) is 5.56 Å². The van der Waals surface area contributed by atoms with Crippen LogP contribution in [-0.2, 0) is 6.18 Å². The summed E-state index contributed by atoms with van der Waals surface area (Å²) in [7, 11) is 0. The van der Waals surface area contributed by atoms with Crippen molar-refractivity contribution in [3.63, 3.8) is 0 Å². The van der Waals surface area contributed by atoms with E-state index in [2.05, 4.69) is 9.97 Å². The second-order valence-electron chi connectivity index (χ2n) is 3.11. The monoisotopic (exact) mass is 200 g/mol. The smallest absolute Gasteiger partial charge is 0.346 e. The highest BCUT2D eigenvalue weighted by Gasteiger charge is 2.33. The third-order valence-electron chi connectivity index (χ3n) is 1.97. The molecule has 0 saturated heterocycles. The van der Waals surface area contributed by atoms with Gasteiger partial charge >= 0.3 is 6.18 Å². The Morgan fingerprint density at radius 1 is 1.36 bits per heavy atom. The van der Waals surface area contributed by atoms with Gasteiger partial charge in [0.15, 0.2) is 0 Å². The van der Waals surface area contributed by atoms with Gasteiger partial charge in [0.1, 0.15) is 5.65 Å². The number of nitrogens with one attached hydrogen (secondary N) is 1. The molecule has 1 N–H and O–H groups in total. The average molecular weight is 200 g/mol. The molecule has 0 amide bonds. The molecular formula is C9H7F3N2. The van der Waals surface area contributed by atoms with E-state index in [1.165, 1.54) is 12.3 Å². The van der Waals surface area contributed by atoms with Crippen LogP contribution >= 0.6 is 0 Å². The summed E-state index contributed by atoms with van der Waals surface area (Å²) < 4.78 is 37.3. The summed E-state index contributed by atoms with van der Waals surface area (Å²) >= 11 is 0. The van der Waals surface area contributed by atoms with Gasteiger partial charge in [-0.15, -0.1) is 0 Å². The van der Waals surface area contributed by atoms with Crippen molar-refractivity contribution in [2.75, 3.05) is 0 Å². The fourth-order valence-electron chi connectivity index (χ4n) is 1.34. The van der Waals surface area contributed by atoms with Crippen LogP contribution in [0.4, 0.5) is 13.2 Å². The second kappa shape index (κ2) is 2.73. The number of aromatic nitrogens is 2. The third kappa shape index (κ3) is 1.34. The predicted molar refractivity (Wildman–Crippen MR) is 45.8 cm³/mol. The molecule has 74 valence electrons. The van der Waals surface area contributed by atoms with Gasteiger partial charge in [-0.05, 0) is 18.6 Å². The molecule has 0 bridgehead atoms. The lowest BCUT2D eigenvalue weighted by Crippen LogP contribution is -2.03. The fraction of sp³-hybridized carbons (Fsp3) is 0.222. The molecule has 0 unspecified atom stereocenters. The van der Waals surface area contributed by atoms with Gasteiger partial charge < -0.3 is 4.98 Å². The number of pyridine rings is 1. The minimum absolute atomic E-state index is 0.123. The summed E-state index contributed by atoms with van der Waals surface area (Å²) in [4.78, 5) is 6.35. The quantitative estimate of drug-likeness (QED) is 0.695. The SMILES string of the molecule is Cc1cnc2[nH]cc(C(F)(F)F)c2c1. The zero-order valence-electron chi connectivity index (χ0n) is 7.31. The third-order valence-corrected chi connectivity index (χ3v) is 1.97. The van der Waals surface area contributed by atoms with E-state index in [4.69, 9.17) is 0 Å². The Bertz CT molecular complexity index is 470. The molecule has 0 atom stereocenters. The molecular weight excluding hydrogens is 193 g/mol. The number of nitrogens with zero attached hydrogens (tertiary/aromatic N) is 1. The van der Waals surface area contributed by atoms with Gasteiger partial charge in [-0.25, -0.2) is 4.98 Å². The Morgan fingerprint density at radius 2 is 2.07 bits per heavy atom. The van der Waals surface area contributed by atoms with Crippen LogP contribution in [0, 0.1) is 6.92 Å². The second-order valence-corrected chi connectivity index (χ2v) is 3.11. The highest BCUT2D eigenvalue weighted by atomic mass is 19.4. The van der Waals surface area contributed by atoms with Crippen LogP contribution in [0.25, 0.3) is 11.0 Å². The van der Waals surface area contributed by atoms with Crippen LogP contribution < -0.4 is 0 Å². The first-order valence-electron chi connectivity index (χ1n) is 3.99. The van der Waals surface area contributed by atoms with E-state index in [1.54, 1.807) is 6.92 Å². The van der Waals surface area contributed by atoms with E-state index in [-0.39, 0.29) is 11.0 Å². The molecule has 0 fully saturated rings. The summed E-state index contributed by atoms with van der Waals surface area (Å²) in [5.74, 6) is 0. The van der Waals surface area contributed by atoms with Crippen LogP contribution in [0.2, 0.25) is 0 Å². The van der Waals surface area contributed by atoms with E-state index >= 15 is 0 Å². The molecule has 0 saturated carbocycles. The lowest BCUT2D eigenvalue weighted by atomic mass is 10.2. The van der Waals surface area contributed by atoms with E-state index in [1.807, 2.05) is 0 Å². The molecule has 2 rings (SSSR count). The lowest BCUT2D eigenvalue weighted by molar-refractivity contribution is -0.136. The van der Waals surface area contributed by atoms with Gasteiger partial charge in [-0.2, -0.15) is 13.2 Å². The van der Waals surface area contributed by atoms with Gasteiger partial charge in [0.2, 0.25) is 0 Å². The van der Waals surface area contributed by atoms with Crippen molar-refractivity contribution in [1.29, 1.82) is 0 Å². The Kier molecular flexibility index (Phi) is 1.77. The van der Waals surface area contributed by atoms with Gasteiger partial charge in [0, 0.05) is 17.8 Å². The molecule has 5 heteroatoms. The molecule has 2 aromatic rings. The summed E-state index contributed by atoms with van der Waals surface area (Å²) in [6, 6.07) is 1.47. The average Bonchev–Trinajstić information content (AvgIpc) is 2.45. The summed E-state index contributed by atoms with van der Waals surface area (Å²) in [6.45, 7) is 1.71. The maximum absolute atomic E-state index is 12.4. The van der Waals surface area contributed by atoms with Gasteiger partial charge in [-0.1, -0.05) is 0 Å². The number of fused-ring (bicyclic) bond motifs is 1. The van der Waals surface area contributed by atoms with Gasteiger partial charge in [0.25, 0.3) is 0 Å². The number of aryl methyl sites for hydroxylation is 1. The van der Waals surface area contributed by atoms with Crippen LogP contribution in [0.3, 0.4) is 0 Å². The number of hydrogen-bond acceptors (Lipinski definition) is 1. The predicted octanol–water partition coefficient (Wildman–Crippen LogP) is 2.89. The zero-order valence-corrected chi connectivity index (χ0v) is 7.31. The Balaban J connectivity index is 2.73. The number of alkyl halides is 3. The Morgan fingerprint density at radius 3 is 2.71 bits per heavy atom. The number of aromatic amines is 1. The van der Waals surface area contributed by atoms with E-state index in [0.717, 1.165) is 6.20 Å². The molecule has 0 aliphatic heterocycles. The molecule has 0 spiro atoms. The van der Waals surface area contributed by atoms with Crippen LogP contribution in [-0.4, -0.2) is 9.97 Å². The number of halogens is 3. The normalized spacial score (nSPS) is 12.3. The minimum Gasteiger partial charge on any atom is -0.346 e. The highest BCUT2D eigenvalue weighted by Crippen LogP contribution is 2.34. The van der Waals surface area contributed by atoms with Crippen LogP contribution in [0.1, 0.15) is 11.1 Å². The molecule has 0 aliphatic carbocycles. The maximum atomic E-state index is 12.4. The lowest BCUT2D eigenvalue weighted by Gasteiger charge is -2.03. The van der Waals surface area contributed by atoms with E-state index in [0.29, 0.717) is 5.56 Å². The Labute approximate surface area is 77.8 Å². The number of hydrogen-bond donors (Lipinski definition) is 1. The van der Waals surface area contributed by atoms with Crippen molar-refractivity contribution in [2.24, 2.45) is 0 Å². The maximum Gasteiger partial charge on any atom is 0.418 e. The van der Waals surface area contributed by atoms with Crippen molar-refractivity contribution >= 4 is 11.0 Å². The number of H-pyrrole nitrogens is 1. The highest BCUT2D eigenvalue weighted by molar-refractivity contribution is 5.80. The fourth-order valence-corrected chi connectivity index (χ4v) is 1.34. The van der Waals surface area contributed by atoms with Crippen molar-refractivity contribution in [2.45, 2.75) is 13.1 Å². The van der Waals surface area contributed by atoms with E-state index < -0.39 is 11.7 Å². The number of rotatable bonds is 0. The van der Waals surface area contributed by atoms with Crippen molar-refractivity contribution in [3.8, 4) is 0 Å². The summed E-state index contributed by atoms with van der Waals surface area (Å²) in [5, 5.41) is 0.123. The summed E-state index contributed by atoms with van der Waals surface area (Å²) in [6.07, 6.45) is -1.86. The van der Waals surface area contributed by atoms with Crippen molar-refractivity contribution in [1.82, 2.24) is 9.97 Å². The largest absolute Gasteiger partial charge is 0.418 e. The standard InChI is InChI=1S/C9H7F3N2/c1-5-2-6-7(9(10,11)12)4-14-8(6)13-3-5/h2-4H,1H3,(H,13,14). The van der Waals surface area contributed by atoms with Crippen LogP contribution in [0.5, 0.6) is 0 Å². The summed E-state index contributed by atoms with van der Waals surface area (Å²) in [5.41, 5.74) is 0.314. The molecule has 0 aliphatic rings.